The molecule has 1 atom stereocenters. The highest BCUT2D eigenvalue weighted by molar-refractivity contribution is 5.22. The molecule has 66 valence electrons. The van der Waals surface area contributed by atoms with Crippen LogP contribution in [0.25, 0.3) is 0 Å². The summed E-state index contributed by atoms with van der Waals surface area (Å²) in [6, 6.07) is 10.0. The summed E-state index contributed by atoms with van der Waals surface area (Å²) in [5.74, 6) is 0. The lowest BCUT2D eigenvalue weighted by atomic mass is 9.96. The van der Waals surface area contributed by atoms with Gasteiger partial charge in [0.25, 0.3) is 0 Å². The number of hydrogen-bond acceptors (Lipinski definition) is 2. The molecule has 0 aromatic heterocycles. The molecule has 0 unspecified atom stereocenters. The van der Waals surface area contributed by atoms with Crippen molar-refractivity contribution in [2.45, 2.75) is 12.5 Å². The van der Waals surface area contributed by atoms with Gasteiger partial charge in [0.05, 0.1) is 0 Å². The molecule has 0 bridgehead atoms. The molecule has 2 nitrogen and oxygen atoms in total. The molecule has 0 saturated carbocycles. The van der Waals surface area contributed by atoms with Crippen LogP contribution in [0.1, 0.15) is 12.5 Å². The molecule has 0 aliphatic carbocycles. The van der Waals surface area contributed by atoms with Crippen molar-refractivity contribution in [1.82, 2.24) is 0 Å². The highest BCUT2D eigenvalue weighted by Gasteiger charge is 2.23. The molecule has 1 rings (SSSR count). The van der Waals surface area contributed by atoms with E-state index in [2.05, 4.69) is 0 Å². The molecule has 1 aromatic carbocycles. The Morgan fingerprint density at radius 2 is 1.92 bits per heavy atom. The predicted molar refractivity (Wildman–Crippen MR) is 49.9 cm³/mol. The van der Waals surface area contributed by atoms with Gasteiger partial charge in [-0.3, -0.25) is 0 Å². The third kappa shape index (κ3) is 1.65. The second-order valence-corrected chi connectivity index (χ2v) is 3.01. The maximum atomic E-state index is 5.62. The monoisotopic (exact) mass is 165 g/mol. The van der Waals surface area contributed by atoms with E-state index in [1.165, 1.54) is 0 Å². The van der Waals surface area contributed by atoms with Crippen molar-refractivity contribution in [3.8, 4) is 0 Å². The topological polar surface area (TPSA) is 35.2 Å². The van der Waals surface area contributed by atoms with Crippen molar-refractivity contribution in [3.05, 3.63) is 35.9 Å². The highest BCUT2D eigenvalue weighted by atomic mass is 16.5. The minimum Gasteiger partial charge on any atom is -0.372 e. The Labute approximate surface area is 73.3 Å². The Morgan fingerprint density at radius 1 is 1.33 bits per heavy atom. The minimum absolute atomic E-state index is 0.346. The molecular weight excluding hydrogens is 150 g/mol. The zero-order chi connectivity index (χ0) is 9.03. The van der Waals surface area contributed by atoms with Crippen molar-refractivity contribution in [1.29, 1.82) is 0 Å². The van der Waals surface area contributed by atoms with Crippen LogP contribution in [-0.4, -0.2) is 13.7 Å². The lowest BCUT2D eigenvalue weighted by Crippen LogP contribution is -2.33. The first-order valence-electron chi connectivity index (χ1n) is 4.03. The number of methoxy groups -OCH3 is 1. The van der Waals surface area contributed by atoms with Crippen LogP contribution in [0.15, 0.2) is 30.3 Å². The fourth-order valence-corrected chi connectivity index (χ4v) is 1.11. The van der Waals surface area contributed by atoms with Crippen LogP contribution in [0, 0.1) is 0 Å². The average molecular weight is 165 g/mol. The SMILES string of the molecule is CO[C@@](C)(CN)c1ccccc1. The quantitative estimate of drug-likeness (QED) is 0.736. The van der Waals surface area contributed by atoms with Gasteiger partial charge in [-0.1, -0.05) is 30.3 Å². The van der Waals surface area contributed by atoms with Crippen molar-refractivity contribution < 1.29 is 4.74 Å². The van der Waals surface area contributed by atoms with Gasteiger partial charge in [-0.15, -0.1) is 0 Å². The summed E-state index contributed by atoms with van der Waals surface area (Å²) < 4.78 is 5.35. The highest BCUT2D eigenvalue weighted by Crippen LogP contribution is 2.22. The molecule has 0 aliphatic rings. The predicted octanol–water partition coefficient (Wildman–Crippen LogP) is 1.51. The molecule has 0 spiro atoms. The molecule has 12 heavy (non-hydrogen) atoms. The Kier molecular flexibility index (Phi) is 2.84. The van der Waals surface area contributed by atoms with E-state index >= 15 is 0 Å². The van der Waals surface area contributed by atoms with Gasteiger partial charge in [-0.25, -0.2) is 0 Å². The largest absolute Gasteiger partial charge is 0.372 e. The minimum atomic E-state index is -0.346. The summed E-state index contributed by atoms with van der Waals surface area (Å²) in [6.07, 6.45) is 0. The first-order valence-corrected chi connectivity index (χ1v) is 4.03. The Balaban J connectivity index is 2.95. The van der Waals surface area contributed by atoms with Gasteiger partial charge in [-0.2, -0.15) is 0 Å². The molecule has 0 fully saturated rings. The molecule has 0 amide bonds. The van der Waals surface area contributed by atoms with Crippen LogP contribution in [0.5, 0.6) is 0 Å². The molecular formula is C10H15NO. The maximum absolute atomic E-state index is 5.62. The molecule has 2 N–H and O–H groups in total. The van der Waals surface area contributed by atoms with Crippen LogP contribution < -0.4 is 5.73 Å². The summed E-state index contributed by atoms with van der Waals surface area (Å²) in [7, 11) is 1.68. The van der Waals surface area contributed by atoms with Crippen molar-refractivity contribution in [2.24, 2.45) is 5.73 Å². The van der Waals surface area contributed by atoms with Crippen molar-refractivity contribution in [3.63, 3.8) is 0 Å². The van der Waals surface area contributed by atoms with Gasteiger partial charge in [-0.05, 0) is 12.5 Å². The van der Waals surface area contributed by atoms with E-state index < -0.39 is 0 Å². The third-order valence-corrected chi connectivity index (χ3v) is 2.22. The van der Waals surface area contributed by atoms with Crippen LogP contribution >= 0.6 is 0 Å². The van der Waals surface area contributed by atoms with Gasteiger partial charge in [0, 0.05) is 13.7 Å². The molecule has 0 heterocycles. The summed E-state index contributed by atoms with van der Waals surface area (Å²) in [5, 5.41) is 0. The summed E-state index contributed by atoms with van der Waals surface area (Å²) in [5.41, 5.74) is 6.40. The Bertz CT molecular complexity index is 229. The smallest absolute Gasteiger partial charge is 0.102 e. The lowest BCUT2D eigenvalue weighted by molar-refractivity contribution is 0.0101. The van der Waals surface area contributed by atoms with Crippen LogP contribution in [0.2, 0.25) is 0 Å². The number of rotatable bonds is 3. The number of benzene rings is 1. The second kappa shape index (κ2) is 3.70. The van der Waals surface area contributed by atoms with Crippen molar-refractivity contribution in [2.75, 3.05) is 13.7 Å². The number of nitrogens with two attached hydrogens (primary N) is 1. The second-order valence-electron chi connectivity index (χ2n) is 3.01. The molecule has 0 aliphatic heterocycles. The summed E-state index contributed by atoms with van der Waals surface area (Å²) in [6.45, 7) is 2.48. The fourth-order valence-electron chi connectivity index (χ4n) is 1.11. The van der Waals surface area contributed by atoms with E-state index in [-0.39, 0.29) is 5.60 Å². The summed E-state index contributed by atoms with van der Waals surface area (Å²) in [4.78, 5) is 0. The van der Waals surface area contributed by atoms with Crippen molar-refractivity contribution >= 4 is 0 Å². The Hall–Kier alpha value is -0.860. The van der Waals surface area contributed by atoms with Gasteiger partial charge >= 0.3 is 0 Å². The normalized spacial score (nSPS) is 15.6. The first-order chi connectivity index (χ1) is 5.73. The van der Waals surface area contributed by atoms with E-state index in [0.717, 1.165) is 5.56 Å². The molecule has 2 heteroatoms. The number of hydrogen-bond donors (Lipinski definition) is 1. The van der Waals surface area contributed by atoms with Crippen LogP contribution in [-0.2, 0) is 10.3 Å². The molecule has 1 aromatic rings. The number of ether oxygens (including phenoxy) is 1. The van der Waals surface area contributed by atoms with Gasteiger partial charge in [0.15, 0.2) is 0 Å². The first kappa shape index (κ1) is 9.23. The summed E-state index contributed by atoms with van der Waals surface area (Å²) >= 11 is 0. The van der Waals surface area contributed by atoms with E-state index in [1.54, 1.807) is 7.11 Å². The lowest BCUT2D eigenvalue weighted by Gasteiger charge is -2.26. The zero-order valence-corrected chi connectivity index (χ0v) is 7.58. The molecule has 0 saturated heterocycles. The van der Waals surface area contributed by atoms with Gasteiger partial charge in [0.1, 0.15) is 5.60 Å². The van der Waals surface area contributed by atoms with Gasteiger partial charge < -0.3 is 10.5 Å². The fraction of sp³-hybridized carbons (Fsp3) is 0.400. The van der Waals surface area contributed by atoms with E-state index in [4.69, 9.17) is 10.5 Å². The standard InChI is InChI=1S/C10H15NO/c1-10(8-11,12-2)9-6-4-3-5-7-9/h3-7H,8,11H2,1-2H3/t10-/m0/s1. The third-order valence-electron chi connectivity index (χ3n) is 2.22. The van der Waals surface area contributed by atoms with Crippen LogP contribution in [0.3, 0.4) is 0 Å². The van der Waals surface area contributed by atoms with Gasteiger partial charge in [0.2, 0.25) is 0 Å². The average Bonchev–Trinajstić information content (AvgIpc) is 2.18. The van der Waals surface area contributed by atoms with E-state index in [1.807, 2.05) is 37.3 Å². The Morgan fingerprint density at radius 3 is 2.33 bits per heavy atom. The van der Waals surface area contributed by atoms with E-state index in [0.29, 0.717) is 6.54 Å². The van der Waals surface area contributed by atoms with E-state index in [9.17, 15) is 0 Å². The zero-order valence-electron chi connectivity index (χ0n) is 7.58. The maximum Gasteiger partial charge on any atom is 0.102 e. The van der Waals surface area contributed by atoms with Crippen LogP contribution in [0.4, 0.5) is 0 Å². The molecule has 0 radical (unpaired) electrons.